The van der Waals surface area contributed by atoms with Crippen LogP contribution in [0.25, 0.3) is 10.9 Å². The van der Waals surface area contributed by atoms with Gasteiger partial charge in [-0.25, -0.2) is 4.39 Å². The average molecular weight is 329 g/mol. The van der Waals surface area contributed by atoms with Gasteiger partial charge in [-0.3, -0.25) is 9.69 Å². The van der Waals surface area contributed by atoms with E-state index in [-0.39, 0.29) is 17.0 Å². The third kappa shape index (κ3) is 3.39. The van der Waals surface area contributed by atoms with E-state index in [4.69, 9.17) is 4.42 Å². The van der Waals surface area contributed by atoms with Gasteiger partial charge in [0.25, 0.3) is 0 Å². The molecule has 1 aromatic carbocycles. The standard InChI is InChI=1S/C18H20FN3O2/c1-22(2)15(17-7-4-8-24-17)11-20-10-12-9-16(23)13-5-3-6-14(19)18(13)21-12/h3-9,15,20H,10-11H2,1-2H3,(H,21,23)/t15-/m1/s1. The molecule has 0 aliphatic heterocycles. The Morgan fingerprint density at radius 3 is 2.83 bits per heavy atom. The fourth-order valence-electron chi connectivity index (χ4n) is 2.75. The Balaban J connectivity index is 1.74. The summed E-state index contributed by atoms with van der Waals surface area (Å²) in [6, 6.07) is 9.86. The van der Waals surface area contributed by atoms with E-state index in [1.807, 2.05) is 26.2 Å². The predicted molar refractivity (Wildman–Crippen MR) is 91.4 cm³/mol. The molecule has 0 radical (unpaired) electrons. The van der Waals surface area contributed by atoms with Gasteiger partial charge in [0.05, 0.1) is 17.8 Å². The fraction of sp³-hybridized carbons (Fsp3) is 0.278. The summed E-state index contributed by atoms with van der Waals surface area (Å²) < 4.78 is 19.3. The highest BCUT2D eigenvalue weighted by atomic mass is 19.1. The molecule has 0 saturated carbocycles. The summed E-state index contributed by atoms with van der Waals surface area (Å²) in [5, 5.41) is 3.65. The summed E-state index contributed by atoms with van der Waals surface area (Å²) in [5.74, 6) is 0.443. The van der Waals surface area contributed by atoms with Crippen LogP contribution >= 0.6 is 0 Å². The maximum atomic E-state index is 13.9. The van der Waals surface area contributed by atoms with Gasteiger partial charge in [0.1, 0.15) is 11.6 Å². The van der Waals surface area contributed by atoms with Gasteiger partial charge >= 0.3 is 0 Å². The van der Waals surface area contributed by atoms with Crippen molar-refractivity contribution in [3.63, 3.8) is 0 Å². The zero-order valence-electron chi connectivity index (χ0n) is 13.7. The maximum absolute atomic E-state index is 13.9. The zero-order valence-corrected chi connectivity index (χ0v) is 13.7. The molecule has 0 saturated heterocycles. The minimum Gasteiger partial charge on any atom is -0.468 e. The lowest BCUT2D eigenvalue weighted by Gasteiger charge is -2.22. The third-order valence-corrected chi connectivity index (χ3v) is 4.02. The number of halogens is 1. The van der Waals surface area contributed by atoms with E-state index in [9.17, 15) is 9.18 Å². The van der Waals surface area contributed by atoms with Crippen molar-refractivity contribution in [2.75, 3.05) is 20.6 Å². The SMILES string of the molecule is CN(C)[C@H](CNCc1cc(=O)c2cccc(F)c2[nH]1)c1ccco1. The molecule has 0 unspecified atom stereocenters. The normalized spacial score (nSPS) is 12.8. The second kappa shape index (κ2) is 6.98. The van der Waals surface area contributed by atoms with Crippen molar-refractivity contribution in [3.05, 3.63) is 70.2 Å². The molecule has 6 heteroatoms. The molecule has 0 aliphatic carbocycles. The Bertz CT molecular complexity index is 872. The van der Waals surface area contributed by atoms with E-state index in [1.165, 1.54) is 18.2 Å². The first-order valence-electron chi connectivity index (χ1n) is 7.77. The molecule has 2 aromatic heterocycles. The number of nitrogens with one attached hydrogen (secondary N) is 2. The van der Waals surface area contributed by atoms with Crippen molar-refractivity contribution in [3.8, 4) is 0 Å². The molecule has 24 heavy (non-hydrogen) atoms. The van der Waals surface area contributed by atoms with Gasteiger partial charge < -0.3 is 14.7 Å². The quantitative estimate of drug-likeness (QED) is 0.730. The number of para-hydroxylation sites is 1. The zero-order chi connectivity index (χ0) is 17.1. The molecule has 2 N–H and O–H groups in total. The molecular weight excluding hydrogens is 309 g/mol. The minimum absolute atomic E-state index is 0.0731. The highest BCUT2D eigenvalue weighted by molar-refractivity contribution is 5.78. The highest BCUT2D eigenvalue weighted by Gasteiger charge is 2.16. The Kier molecular flexibility index (Phi) is 4.78. The van der Waals surface area contributed by atoms with Crippen LogP contribution in [-0.2, 0) is 6.54 Å². The Labute approximate surface area is 139 Å². The summed E-state index contributed by atoms with van der Waals surface area (Å²) >= 11 is 0. The largest absolute Gasteiger partial charge is 0.468 e. The van der Waals surface area contributed by atoms with Crippen molar-refractivity contribution in [1.29, 1.82) is 0 Å². The molecule has 5 nitrogen and oxygen atoms in total. The van der Waals surface area contributed by atoms with Crippen LogP contribution in [0.1, 0.15) is 17.5 Å². The molecule has 3 aromatic rings. The summed E-state index contributed by atoms with van der Waals surface area (Å²) in [4.78, 5) is 17.2. The second-order valence-corrected chi connectivity index (χ2v) is 5.95. The lowest BCUT2D eigenvalue weighted by Crippen LogP contribution is -2.31. The number of aromatic nitrogens is 1. The van der Waals surface area contributed by atoms with Crippen LogP contribution in [0.15, 0.2) is 51.9 Å². The van der Waals surface area contributed by atoms with E-state index in [1.54, 1.807) is 12.3 Å². The summed E-state index contributed by atoms with van der Waals surface area (Å²) in [5.41, 5.74) is 0.710. The van der Waals surface area contributed by atoms with Crippen LogP contribution in [0.2, 0.25) is 0 Å². The van der Waals surface area contributed by atoms with E-state index >= 15 is 0 Å². The molecule has 0 bridgehead atoms. The Morgan fingerprint density at radius 2 is 2.12 bits per heavy atom. The van der Waals surface area contributed by atoms with Gasteiger partial charge in [-0.15, -0.1) is 0 Å². The predicted octanol–water partition coefficient (Wildman–Crippen LogP) is 2.65. The van der Waals surface area contributed by atoms with E-state index < -0.39 is 5.82 Å². The van der Waals surface area contributed by atoms with Gasteiger partial charge in [-0.05, 0) is 38.4 Å². The first kappa shape index (κ1) is 16.4. The summed E-state index contributed by atoms with van der Waals surface area (Å²) in [6.45, 7) is 1.07. The average Bonchev–Trinajstić information content (AvgIpc) is 3.06. The van der Waals surface area contributed by atoms with Crippen LogP contribution < -0.4 is 10.7 Å². The maximum Gasteiger partial charge on any atom is 0.189 e. The van der Waals surface area contributed by atoms with Gasteiger partial charge in [0.15, 0.2) is 5.43 Å². The third-order valence-electron chi connectivity index (χ3n) is 4.02. The minimum atomic E-state index is -0.423. The number of pyridine rings is 1. The molecule has 2 heterocycles. The molecule has 3 rings (SSSR count). The molecule has 0 fully saturated rings. The smallest absolute Gasteiger partial charge is 0.189 e. The molecule has 0 amide bonds. The Hall–Kier alpha value is -2.44. The van der Waals surface area contributed by atoms with E-state index in [0.717, 1.165) is 5.76 Å². The molecule has 126 valence electrons. The van der Waals surface area contributed by atoms with Gasteiger partial charge in [0.2, 0.25) is 0 Å². The van der Waals surface area contributed by atoms with Crippen molar-refractivity contribution in [1.82, 2.24) is 15.2 Å². The number of fused-ring (bicyclic) bond motifs is 1. The number of hydrogen-bond acceptors (Lipinski definition) is 4. The number of hydrogen-bond donors (Lipinski definition) is 2. The van der Waals surface area contributed by atoms with Crippen LogP contribution in [0.4, 0.5) is 4.39 Å². The first-order valence-corrected chi connectivity index (χ1v) is 7.77. The van der Waals surface area contributed by atoms with Crippen molar-refractivity contribution >= 4 is 10.9 Å². The Morgan fingerprint density at radius 1 is 1.29 bits per heavy atom. The number of rotatable bonds is 6. The van der Waals surface area contributed by atoms with Crippen molar-refractivity contribution in [2.45, 2.75) is 12.6 Å². The lowest BCUT2D eigenvalue weighted by atomic mass is 10.1. The fourth-order valence-corrected chi connectivity index (χ4v) is 2.75. The molecule has 1 atom stereocenters. The first-order chi connectivity index (χ1) is 11.6. The lowest BCUT2D eigenvalue weighted by molar-refractivity contribution is 0.250. The van der Waals surface area contributed by atoms with Gasteiger partial charge in [-0.1, -0.05) is 6.07 Å². The van der Waals surface area contributed by atoms with Crippen molar-refractivity contribution in [2.24, 2.45) is 0 Å². The van der Waals surface area contributed by atoms with Crippen molar-refractivity contribution < 1.29 is 8.81 Å². The number of likely N-dealkylation sites (N-methyl/N-ethyl adjacent to an activating group) is 1. The van der Waals surface area contributed by atoms with Crippen LogP contribution in [0.3, 0.4) is 0 Å². The summed E-state index contributed by atoms with van der Waals surface area (Å²) in [7, 11) is 3.95. The van der Waals surface area contributed by atoms with E-state index in [2.05, 4.69) is 15.2 Å². The number of benzene rings is 1. The van der Waals surface area contributed by atoms with E-state index in [0.29, 0.717) is 24.2 Å². The van der Waals surface area contributed by atoms with Gasteiger partial charge in [0, 0.05) is 30.2 Å². The number of nitrogens with zero attached hydrogens (tertiary/aromatic N) is 1. The second-order valence-electron chi connectivity index (χ2n) is 5.95. The summed E-state index contributed by atoms with van der Waals surface area (Å²) in [6.07, 6.45) is 1.65. The van der Waals surface area contributed by atoms with Crippen LogP contribution in [0.5, 0.6) is 0 Å². The number of furan rings is 1. The number of aromatic amines is 1. The molecular formula is C18H20FN3O2. The van der Waals surface area contributed by atoms with Gasteiger partial charge in [-0.2, -0.15) is 0 Å². The van der Waals surface area contributed by atoms with Crippen LogP contribution in [0, 0.1) is 5.82 Å². The topological polar surface area (TPSA) is 61.3 Å². The van der Waals surface area contributed by atoms with Crippen LogP contribution in [-0.4, -0.2) is 30.5 Å². The molecule has 0 aliphatic rings. The monoisotopic (exact) mass is 329 g/mol. The highest BCUT2D eigenvalue weighted by Crippen LogP contribution is 2.18. The number of H-pyrrole nitrogens is 1. The molecule has 0 spiro atoms.